The maximum absolute atomic E-state index is 12.3. The lowest BCUT2D eigenvalue weighted by Crippen LogP contribution is -2.29. The molecule has 2 heterocycles. The van der Waals surface area contributed by atoms with Crippen LogP contribution in [0, 0.1) is 0 Å². The molecule has 126 valence electrons. The van der Waals surface area contributed by atoms with Crippen molar-refractivity contribution in [2.75, 3.05) is 0 Å². The van der Waals surface area contributed by atoms with Crippen LogP contribution in [0.25, 0.3) is 5.69 Å². The number of aromatic nitrogens is 3. The third-order valence-corrected chi connectivity index (χ3v) is 3.90. The Kier molecular flexibility index (Phi) is 4.90. The Bertz CT molecular complexity index is 956. The Hall–Kier alpha value is -3.00. The van der Waals surface area contributed by atoms with Gasteiger partial charge in [0, 0.05) is 29.5 Å². The summed E-state index contributed by atoms with van der Waals surface area (Å²) in [4.78, 5) is 28.3. The number of pyridine rings is 1. The Morgan fingerprint density at radius 1 is 1.24 bits per heavy atom. The van der Waals surface area contributed by atoms with Gasteiger partial charge in [-0.25, -0.2) is 0 Å². The fourth-order valence-electron chi connectivity index (χ4n) is 2.14. The van der Waals surface area contributed by atoms with Crippen LogP contribution in [-0.2, 0) is 6.54 Å². The molecule has 3 aromatic rings. The number of amides is 1. The highest BCUT2D eigenvalue weighted by molar-refractivity contribution is 9.10. The van der Waals surface area contributed by atoms with Gasteiger partial charge in [0.05, 0.1) is 5.69 Å². The van der Waals surface area contributed by atoms with Crippen LogP contribution in [-0.4, -0.2) is 25.8 Å². The van der Waals surface area contributed by atoms with Gasteiger partial charge in [0.25, 0.3) is 11.5 Å². The first kappa shape index (κ1) is 16.8. The van der Waals surface area contributed by atoms with Crippen LogP contribution in [0.2, 0.25) is 0 Å². The molecule has 2 N–H and O–H groups in total. The molecule has 2 aromatic heterocycles. The minimum absolute atomic E-state index is 0.227. The number of carbonyl (C=O) groups excluding carboxylic acids is 1. The molecule has 0 bridgehead atoms. The summed E-state index contributed by atoms with van der Waals surface area (Å²) < 4.78 is 1.91. The number of nitrogens with zero attached hydrogens (tertiary/aromatic N) is 3. The van der Waals surface area contributed by atoms with Crippen LogP contribution in [0.15, 0.2) is 64.1 Å². The van der Waals surface area contributed by atoms with Crippen LogP contribution >= 0.6 is 15.9 Å². The van der Waals surface area contributed by atoms with E-state index in [1.54, 1.807) is 42.7 Å². The van der Waals surface area contributed by atoms with Gasteiger partial charge in [0.1, 0.15) is 0 Å². The largest absolute Gasteiger partial charge is 0.505 e. The van der Waals surface area contributed by atoms with Crippen LogP contribution in [0.5, 0.6) is 5.75 Å². The normalized spacial score (nSPS) is 10.4. The van der Waals surface area contributed by atoms with Gasteiger partial charge >= 0.3 is 0 Å². The highest BCUT2D eigenvalue weighted by Gasteiger charge is 2.16. The Balaban J connectivity index is 1.88. The van der Waals surface area contributed by atoms with Crippen molar-refractivity contribution in [2.45, 2.75) is 6.54 Å². The molecule has 3 rings (SSSR count). The first-order valence-electron chi connectivity index (χ1n) is 7.31. The SMILES string of the molecule is O=C(NCc1cccnc1)c1nn(-c2ccc(Br)cc2)c(=O)cc1O. The van der Waals surface area contributed by atoms with Gasteiger partial charge in [0.15, 0.2) is 11.4 Å². The van der Waals surface area contributed by atoms with Gasteiger partial charge in [0.2, 0.25) is 0 Å². The third kappa shape index (κ3) is 3.92. The lowest BCUT2D eigenvalue weighted by molar-refractivity contribution is 0.0941. The highest BCUT2D eigenvalue weighted by Crippen LogP contribution is 2.15. The Labute approximate surface area is 151 Å². The van der Waals surface area contributed by atoms with E-state index in [4.69, 9.17) is 0 Å². The second kappa shape index (κ2) is 7.27. The van der Waals surface area contributed by atoms with Gasteiger partial charge in [-0.05, 0) is 35.9 Å². The summed E-state index contributed by atoms with van der Waals surface area (Å²) in [5.74, 6) is -1.06. The van der Waals surface area contributed by atoms with E-state index in [2.05, 4.69) is 31.3 Å². The topological polar surface area (TPSA) is 97.1 Å². The molecule has 0 aliphatic carbocycles. The molecule has 0 aliphatic heterocycles. The summed E-state index contributed by atoms with van der Waals surface area (Å²) in [5.41, 5.74) is 0.515. The predicted molar refractivity (Wildman–Crippen MR) is 94.6 cm³/mol. The second-order valence-corrected chi connectivity index (χ2v) is 6.06. The van der Waals surface area contributed by atoms with Crippen molar-refractivity contribution in [3.63, 3.8) is 0 Å². The maximum Gasteiger partial charge on any atom is 0.275 e. The van der Waals surface area contributed by atoms with Crippen LogP contribution in [0.1, 0.15) is 16.1 Å². The summed E-state index contributed by atoms with van der Waals surface area (Å²) in [5, 5.41) is 16.6. The molecule has 0 unspecified atom stereocenters. The molecule has 0 atom stereocenters. The Morgan fingerprint density at radius 2 is 2.00 bits per heavy atom. The molecular formula is C17H13BrN4O3. The van der Waals surface area contributed by atoms with E-state index < -0.39 is 17.2 Å². The summed E-state index contributed by atoms with van der Waals surface area (Å²) >= 11 is 3.31. The molecule has 1 aromatic carbocycles. The van der Waals surface area contributed by atoms with Crippen molar-refractivity contribution in [1.29, 1.82) is 0 Å². The fourth-order valence-corrected chi connectivity index (χ4v) is 2.41. The van der Waals surface area contributed by atoms with E-state index in [9.17, 15) is 14.7 Å². The average Bonchev–Trinajstić information content (AvgIpc) is 2.62. The predicted octanol–water partition coefficient (Wildman–Crippen LogP) is 2.03. The number of aromatic hydroxyl groups is 1. The number of hydrogen-bond donors (Lipinski definition) is 2. The first-order chi connectivity index (χ1) is 12.0. The van der Waals surface area contributed by atoms with E-state index in [1.165, 1.54) is 0 Å². The molecule has 8 heteroatoms. The summed E-state index contributed by atoms with van der Waals surface area (Å²) in [6.07, 6.45) is 3.25. The number of halogens is 1. The van der Waals surface area contributed by atoms with Crippen molar-refractivity contribution in [1.82, 2.24) is 20.1 Å². The van der Waals surface area contributed by atoms with E-state index in [0.717, 1.165) is 20.8 Å². The van der Waals surface area contributed by atoms with Crippen LogP contribution < -0.4 is 10.9 Å². The molecule has 7 nitrogen and oxygen atoms in total. The van der Waals surface area contributed by atoms with E-state index in [0.29, 0.717) is 5.69 Å². The van der Waals surface area contributed by atoms with Crippen molar-refractivity contribution in [3.8, 4) is 11.4 Å². The van der Waals surface area contributed by atoms with Gasteiger partial charge in [-0.2, -0.15) is 9.78 Å². The van der Waals surface area contributed by atoms with Gasteiger partial charge in [-0.15, -0.1) is 0 Å². The molecule has 1 amide bonds. The van der Waals surface area contributed by atoms with Crippen molar-refractivity contribution < 1.29 is 9.90 Å². The molecule has 0 spiro atoms. The van der Waals surface area contributed by atoms with Gasteiger partial charge < -0.3 is 10.4 Å². The van der Waals surface area contributed by atoms with Gasteiger partial charge in [-0.3, -0.25) is 14.6 Å². The smallest absolute Gasteiger partial charge is 0.275 e. The van der Waals surface area contributed by atoms with Crippen LogP contribution in [0.4, 0.5) is 0 Å². The zero-order valence-corrected chi connectivity index (χ0v) is 14.5. The van der Waals surface area contributed by atoms with E-state index in [1.807, 2.05) is 6.07 Å². The third-order valence-electron chi connectivity index (χ3n) is 3.37. The van der Waals surface area contributed by atoms with E-state index in [-0.39, 0.29) is 12.2 Å². The summed E-state index contributed by atoms with van der Waals surface area (Å²) in [6, 6.07) is 11.4. The van der Waals surface area contributed by atoms with Gasteiger partial charge in [-0.1, -0.05) is 22.0 Å². The monoisotopic (exact) mass is 400 g/mol. The fraction of sp³-hybridized carbons (Fsp3) is 0.0588. The number of rotatable bonds is 4. The standard InChI is InChI=1S/C17H13BrN4O3/c18-12-3-5-13(6-4-12)22-15(24)8-14(23)16(21-22)17(25)20-10-11-2-1-7-19-9-11/h1-9,23H,10H2,(H,20,25). The number of benzene rings is 1. The highest BCUT2D eigenvalue weighted by atomic mass is 79.9. The number of carbonyl (C=O) groups is 1. The zero-order chi connectivity index (χ0) is 17.8. The van der Waals surface area contributed by atoms with Crippen molar-refractivity contribution >= 4 is 21.8 Å². The second-order valence-electron chi connectivity index (χ2n) is 5.15. The molecule has 0 fully saturated rings. The Morgan fingerprint density at radius 3 is 2.68 bits per heavy atom. The summed E-state index contributed by atoms with van der Waals surface area (Å²) in [6.45, 7) is 0.227. The minimum Gasteiger partial charge on any atom is -0.505 e. The number of nitrogens with one attached hydrogen (secondary N) is 1. The minimum atomic E-state index is -0.591. The molecule has 0 saturated heterocycles. The quantitative estimate of drug-likeness (QED) is 0.698. The molecule has 0 radical (unpaired) electrons. The van der Waals surface area contributed by atoms with E-state index >= 15 is 0 Å². The lowest BCUT2D eigenvalue weighted by atomic mass is 10.2. The lowest BCUT2D eigenvalue weighted by Gasteiger charge is -2.09. The summed E-state index contributed by atoms with van der Waals surface area (Å²) in [7, 11) is 0. The van der Waals surface area contributed by atoms with Crippen molar-refractivity contribution in [2.24, 2.45) is 0 Å². The molecular weight excluding hydrogens is 388 g/mol. The zero-order valence-electron chi connectivity index (χ0n) is 12.9. The number of hydrogen-bond acceptors (Lipinski definition) is 5. The van der Waals surface area contributed by atoms with Crippen LogP contribution in [0.3, 0.4) is 0 Å². The van der Waals surface area contributed by atoms with Crippen molar-refractivity contribution in [3.05, 3.63) is 80.9 Å². The molecule has 0 aliphatic rings. The maximum atomic E-state index is 12.3. The molecule has 0 saturated carbocycles. The average molecular weight is 401 g/mol. The molecule has 25 heavy (non-hydrogen) atoms. The first-order valence-corrected chi connectivity index (χ1v) is 8.10.